The summed E-state index contributed by atoms with van der Waals surface area (Å²) in [5.41, 5.74) is 2.33. The highest BCUT2D eigenvalue weighted by Gasteiger charge is 2.24. The fraction of sp³-hybridized carbons (Fsp3) is 0.158. The van der Waals surface area contributed by atoms with Gasteiger partial charge in [-0.15, -0.1) is 0 Å². The average molecular weight is 392 g/mol. The van der Waals surface area contributed by atoms with Crippen LogP contribution in [0.3, 0.4) is 0 Å². The van der Waals surface area contributed by atoms with Gasteiger partial charge in [0.1, 0.15) is 22.3 Å². The van der Waals surface area contributed by atoms with E-state index in [2.05, 4.69) is 25.7 Å². The van der Waals surface area contributed by atoms with Gasteiger partial charge in [0.2, 0.25) is 10.0 Å². The summed E-state index contributed by atoms with van der Waals surface area (Å²) in [4.78, 5) is 12.9. The number of hydrogen-bond acceptors (Lipinski definition) is 6. The standard InChI is InChI=1S/C19H16N6O2S/c1-12(2)24-28(26,27)14-10-22-18(23-11-14)17-16(9-20)15-7-4-8-21-19(15)25(17)13-5-3-6-13/h3-8,10-12,24H,1-2H3. The third-order valence-corrected chi connectivity index (χ3v) is 5.79. The van der Waals surface area contributed by atoms with E-state index in [9.17, 15) is 13.7 Å². The van der Waals surface area contributed by atoms with Gasteiger partial charge in [0.25, 0.3) is 0 Å². The van der Waals surface area contributed by atoms with Crippen molar-refractivity contribution in [3.8, 4) is 17.6 Å². The topological polar surface area (TPSA) is 114 Å². The van der Waals surface area contributed by atoms with Crippen LogP contribution in [0.2, 0.25) is 0 Å². The van der Waals surface area contributed by atoms with Crippen LogP contribution in [-0.2, 0) is 10.0 Å². The number of sulfonamides is 1. The zero-order chi connectivity index (χ0) is 19.9. The van der Waals surface area contributed by atoms with Crippen molar-refractivity contribution in [2.75, 3.05) is 0 Å². The Bertz CT molecular complexity index is 1280. The molecule has 0 saturated carbocycles. The molecule has 0 aromatic carbocycles. The largest absolute Gasteiger partial charge is 0.290 e. The van der Waals surface area contributed by atoms with E-state index in [1.165, 1.54) is 12.4 Å². The molecular formula is C19H16N6O2S. The molecule has 3 heterocycles. The van der Waals surface area contributed by atoms with Crippen LogP contribution in [0.25, 0.3) is 28.2 Å². The summed E-state index contributed by atoms with van der Waals surface area (Å²) < 4.78 is 28.9. The summed E-state index contributed by atoms with van der Waals surface area (Å²) in [6.45, 7) is 3.47. The lowest BCUT2D eigenvalue weighted by Crippen LogP contribution is -2.30. The molecule has 0 unspecified atom stereocenters. The normalized spacial score (nSPS) is 13.4. The van der Waals surface area contributed by atoms with Gasteiger partial charge in [0.15, 0.2) is 5.82 Å². The Hall–Kier alpha value is -3.35. The number of nitrogens with zero attached hydrogens (tertiary/aromatic N) is 5. The first-order valence-electron chi connectivity index (χ1n) is 8.55. The molecule has 3 aromatic heterocycles. The van der Waals surface area contributed by atoms with Gasteiger partial charge >= 0.3 is 0 Å². The number of aromatic nitrogens is 4. The van der Waals surface area contributed by atoms with Gasteiger partial charge in [-0.3, -0.25) is 4.57 Å². The summed E-state index contributed by atoms with van der Waals surface area (Å²) in [5, 5.41) is 10.4. The van der Waals surface area contributed by atoms with Crippen LogP contribution in [0.5, 0.6) is 0 Å². The second-order valence-electron chi connectivity index (χ2n) is 6.51. The van der Waals surface area contributed by atoms with Crippen molar-refractivity contribution in [1.29, 1.82) is 5.26 Å². The van der Waals surface area contributed by atoms with Crippen molar-refractivity contribution >= 4 is 26.8 Å². The van der Waals surface area contributed by atoms with E-state index in [4.69, 9.17) is 0 Å². The van der Waals surface area contributed by atoms with Crippen molar-refractivity contribution in [3.05, 3.63) is 54.5 Å². The molecule has 140 valence electrons. The lowest BCUT2D eigenvalue weighted by Gasteiger charge is -2.14. The fourth-order valence-corrected chi connectivity index (χ4v) is 4.12. The minimum Gasteiger partial charge on any atom is -0.290 e. The number of fused-ring (bicyclic) bond motifs is 1. The lowest BCUT2D eigenvalue weighted by molar-refractivity contribution is 0.569. The molecule has 28 heavy (non-hydrogen) atoms. The minimum absolute atomic E-state index is 0.0352. The number of nitrogens with one attached hydrogen (secondary N) is 1. The Balaban J connectivity index is 1.89. The van der Waals surface area contributed by atoms with Gasteiger partial charge in [0.05, 0.1) is 18.0 Å². The van der Waals surface area contributed by atoms with Crippen LogP contribution >= 0.6 is 0 Å². The molecule has 0 saturated heterocycles. The summed E-state index contributed by atoms with van der Waals surface area (Å²) in [6, 6.07) is 5.53. The zero-order valence-corrected chi connectivity index (χ0v) is 16.0. The van der Waals surface area contributed by atoms with E-state index in [0.717, 1.165) is 5.70 Å². The van der Waals surface area contributed by atoms with Gasteiger partial charge < -0.3 is 0 Å². The number of rotatable bonds is 5. The van der Waals surface area contributed by atoms with Crippen LogP contribution < -0.4 is 4.72 Å². The molecule has 4 rings (SSSR count). The van der Waals surface area contributed by atoms with Gasteiger partial charge in [-0.05, 0) is 38.1 Å². The van der Waals surface area contributed by atoms with Crippen molar-refractivity contribution in [1.82, 2.24) is 24.2 Å². The third-order valence-electron chi connectivity index (χ3n) is 4.17. The Morgan fingerprint density at radius 3 is 2.50 bits per heavy atom. The summed E-state index contributed by atoms with van der Waals surface area (Å²) in [5.74, 6) is 0.249. The lowest BCUT2D eigenvalue weighted by atomic mass is 10.1. The molecule has 0 bridgehead atoms. The summed E-state index contributed by atoms with van der Waals surface area (Å²) in [7, 11) is -3.70. The second-order valence-corrected chi connectivity index (χ2v) is 8.23. The van der Waals surface area contributed by atoms with E-state index in [1.54, 1.807) is 26.1 Å². The third kappa shape index (κ3) is 2.89. The predicted molar refractivity (Wildman–Crippen MR) is 104 cm³/mol. The highest BCUT2D eigenvalue weighted by molar-refractivity contribution is 7.89. The number of hydrogen-bond donors (Lipinski definition) is 1. The Kier molecular flexibility index (Phi) is 4.30. The van der Waals surface area contributed by atoms with Crippen molar-refractivity contribution < 1.29 is 8.42 Å². The molecule has 9 heteroatoms. The summed E-state index contributed by atoms with van der Waals surface area (Å²) in [6.07, 6.45) is 9.81. The Morgan fingerprint density at radius 2 is 1.93 bits per heavy atom. The maximum atomic E-state index is 12.3. The molecular weight excluding hydrogens is 376 g/mol. The number of nitriles is 1. The number of allylic oxidation sites excluding steroid dienone is 4. The quantitative estimate of drug-likeness (QED) is 0.713. The molecule has 0 amide bonds. The van der Waals surface area contributed by atoms with E-state index in [1.807, 2.05) is 28.9 Å². The van der Waals surface area contributed by atoms with Crippen LogP contribution in [0, 0.1) is 11.3 Å². The fourth-order valence-electron chi connectivity index (χ4n) is 2.98. The van der Waals surface area contributed by atoms with Crippen LogP contribution in [-0.4, -0.2) is 34.0 Å². The molecule has 1 aliphatic carbocycles. The van der Waals surface area contributed by atoms with Crippen molar-refractivity contribution in [2.45, 2.75) is 24.8 Å². The summed E-state index contributed by atoms with van der Waals surface area (Å²) >= 11 is 0. The van der Waals surface area contributed by atoms with E-state index >= 15 is 0 Å². The molecule has 0 aliphatic heterocycles. The molecule has 1 aliphatic rings. The molecule has 0 atom stereocenters. The first kappa shape index (κ1) is 18.0. The smallest absolute Gasteiger partial charge is 0.243 e. The molecule has 0 fully saturated rings. The van der Waals surface area contributed by atoms with Crippen LogP contribution in [0.15, 0.2) is 53.8 Å². The first-order chi connectivity index (χ1) is 13.4. The molecule has 0 radical (unpaired) electrons. The van der Waals surface area contributed by atoms with Crippen molar-refractivity contribution in [2.24, 2.45) is 0 Å². The zero-order valence-electron chi connectivity index (χ0n) is 15.2. The highest BCUT2D eigenvalue weighted by Crippen LogP contribution is 2.35. The first-order valence-corrected chi connectivity index (χ1v) is 10.0. The van der Waals surface area contributed by atoms with E-state index in [0.29, 0.717) is 22.3 Å². The highest BCUT2D eigenvalue weighted by atomic mass is 32.2. The van der Waals surface area contributed by atoms with E-state index < -0.39 is 10.0 Å². The molecule has 0 spiro atoms. The molecule has 1 N–H and O–H groups in total. The SMILES string of the molecule is CC(C)NS(=O)(=O)c1cnc(-c2c(C#N)c3cccnc3n2C2=CC=C2)nc1. The van der Waals surface area contributed by atoms with Gasteiger partial charge in [-0.1, -0.05) is 6.08 Å². The number of pyridine rings is 1. The Morgan fingerprint density at radius 1 is 1.21 bits per heavy atom. The van der Waals surface area contributed by atoms with Crippen molar-refractivity contribution in [3.63, 3.8) is 0 Å². The van der Waals surface area contributed by atoms with Gasteiger partial charge in [-0.2, -0.15) is 5.26 Å². The van der Waals surface area contributed by atoms with Gasteiger partial charge in [-0.25, -0.2) is 28.1 Å². The second kappa shape index (κ2) is 6.67. The Labute approximate surface area is 161 Å². The maximum absolute atomic E-state index is 12.3. The average Bonchev–Trinajstić information content (AvgIpc) is 2.94. The monoisotopic (exact) mass is 392 g/mol. The van der Waals surface area contributed by atoms with Crippen LogP contribution in [0.1, 0.15) is 19.4 Å². The molecule has 8 nitrogen and oxygen atoms in total. The van der Waals surface area contributed by atoms with E-state index in [-0.39, 0.29) is 16.8 Å². The maximum Gasteiger partial charge on any atom is 0.243 e. The predicted octanol–water partition coefficient (Wildman–Crippen LogP) is 2.46. The molecule has 3 aromatic rings. The van der Waals surface area contributed by atoms with Crippen LogP contribution in [0.4, 0.5) is 0 Å². The van der Waals surface area contributed by atoms with Gasteiger partial charge in [0, 0.05) is 23.3 Å². The minimum atomic E-state index is -3.70.